The lowest BCUT2D eigenvalue weighted by atomic mass is 10.2. The van der Waals surface area contributed by atoms with Gasteiger partial charge >= 0.3 is 0 Å². The van der Waals surface area contributed by atoms with Crippen LogP contribution in [0.4, 0.5) is 5.82 Å². The Labute approximate surface area is 164 Å². The topological polar surface area (TPSA) is 84.2 Å². The van der Waals surface area contributed by atoms with Crippen molar-refractivity contribution in [2.24, 2.45) is 0 Å². The first kappa shape index (κ1) is 18.6. The molecule has 1 fully saturated rings. The van der Waals surface area contributed by atoms with E-state index in [1.165, 1.54) is 0 Å². The van der Waals surface area contributed by atoms with Crippen LogP contribution < -0.4 is 4.90 Å². The molecule has 2 aromatic heterocycles. The van der Waals surface area contributed by atoms with Crippen molar-refractivity contribution in [3.05, 3.63) is 66.2 Å². The SMILES string of the molecule is Cc1nc(N2CCN(S(=O)(=O)Cc3ccccc3)CC2)cc(-n2cccn2)n1. The molecule has 0 amide bonds. The lowest BCUT2D eigenvalue weighted by molar-refractivity contribution is 0.383. The lowest BCUT2D eigenvalue weighted by Crippen LogP contribution is -2.49. The van der Waals surface area contributed by atoms with Crippen molar-refractivity contribution in [1.29, 1.82) is 0 Å². The first-order chi connectivity index (χ1) is 13.5. The summed E-state index contributed by atoms with van der Waals surface area (Å²) in [6.07, 6.45) is 3.53. The van der Waals surface area contributed by atoms with Crippen molar-refractivity contribution >= 4 is 15.8 Å². The maximum atomic E-state index is 12.7. The second kappa shape index (κ2) is 7.69. The van der Waals surface area contributed by atoms with Crippen LogP contribution in [0.2, 0.25) is 0 Å². The highest BCUT2D eigenvalue weighted by molar-refractivity contribution is 7.88. The number of rotatable bonds is 5. The van der Waals surface area contributed by atoms with E-state index in [9.17, 15) is 8.42 Å². The molecule has 0 atom stereocenters. The van der Waals surface area contributed by atoms with Crippen molar-refractivity contribution in [2.45, 2.75) is 12.7 Å². The molecule has 4 rings (SSSR count). The summed E-state index contributed by atoms with van der Waals surface area (Å²) in [5, 5.41) is 4.22. The highest BCUT2D eigenvalue weighted by atomic mass is 32.2. The van der Waals surface area contributed by atoms with E-state index < -0.39 is 10.0 Å². The Bertz CT molecular complexity index is 1030. The molecule has 1 aliphatic heterocycles. The van der Waals surface area contributed by atoms with Gasteiger partial charge in [-0.2, -0.15) is 9.40 Å². The zero-order valence-corrected chi connectivity index (χ0v) is 16.5. The molecule has 1 aliphatic rings. The molecule has 0 unspecified atom stereocenters. The number of anilines is 1. The Morgan fingerprint density at radius 1 is 0.964 bits per heavy atom. The van der Waals surface area contributed by atoms with Gasteiger partial charge in [0.05, 0.1) is 5.75 Å². The van der Waals surface area contributed by atoms with Crippen LogP contribution in [-0.2, 0) is 15.8 Å². The predicted molar refractivity (Wildman–Crippen MR) is 107 cm³/mol. The van der Waals surface area contributed by atoms with Crippen LogP contribution in [0.15, 0.2) is 54.9 Å². The van der Waals surface area contributed by atoms with Gasteiger partial charge in [-0.3, -0.25) is 0 Å². The van der Waals surface area contributed by atoms with Crippen LogP contribution in [0, 0.1) is 6.92 Å². The number of nitrogens with zero attached hydrogens (tertiary/aromatic N) is 6. The maximum absolute atomic E-state index is 12.7. The Hall–Kier alpha value is -2.78. The molecule has 0 bridgehead atoms. The first-order valence-corrected chi connectivity index (χ1v) is 10.7. The van der Waals surface area contributed by atoms with Crippen molar-refractivity contribution in [1.82, 2.24) is 24.1 Å². The maximum Gasteiger partial charge on any atom is 0.218 e. The molecule has 0 radical (unpaired) electrons. The van der Waals surface area contributed by atoms with Crippen molar-refractivity contribution in [3.63, 3.8) is 0 Å². The summed E-state index contributed by atoms with van der Waals surface area (Å²) < 4.78 is 28.7. The average molecular weight is 398 g/mol. The number of sulfonamides is 1. The molecular weight excluding hydrogens is 376 g/mol. The number of hydrogen-bond acceptors (Lipinski definition) is 6. The second-order valence-electron chi connectivity index (χ2n) is 6.71. The van der Waals surface area contributed by atoms with E-state index in [0.29, 0.717) is 37.8 Å². The highest BCUT2D eigenvalue weighted by Crippen LogP contribution is 2.19. The third kappa shape index (κ3) is 4.05. The Balaban J connectivity index is 1.46. The van der Waals surface area contributed by atoms with Gasteiger partial charge in [-0.05, 0) is 18.6 Å². The second-order valence-corrected chi connectivity index (χ2v) is 8.68. The molecule has 3 aromatic rings. The molecule has 0 N–H and O–H groups in total. The van der Waals surface area contributed by atoms with Gasteiger partial charge in [0.25, 0.3) is 0 Å². The number of benzene rings is 1. The molecule has 9 heteroatoms. The third-order valence-electron chi connectivity index (χ3n) is 4.70. The van der Waals surface area contributed by atoms with Gasteiger partial charge in [0.15, 0.2) is 5.82 Å². The zero-order valence-electron chi connectivity index (χ0n) is 15.6. The standard InChI is InChI=1S/C19H22N6O2S/c1-16-21-18(14-19(22-16)25-9-5-8-20-25)23-10-12-24(13-11-23)28(26,27)15-17-6-3-2-4-7-17/h2-9,14H,10-13,15H2,1H3. The van der Waals surface area contributed by atoms with E-state index in [-0.39, 0.29) is 5.75 Å². The Kier molecular flexibility index (Phi) is 5.10. The highest BCUT2D eigenvalue weighted by Gasteiger charge is 2.28. The summed E-state index contributed by atoms with van der Waals surface area (Å²) in [6.45, 7) is 3.90. The quantitative estimate of drug-likeness (QED) is 0.649. The molecule has 1 aromatic carbocycles. The number of aromatic nitrogens is 4. The van der Waals surface area contributed by atoms with Gasteiger partial charge < -0.3 is 4.90 Å². The van der Waals surface area contributed by atoms with E-state index in [1.54, 1.807) is 15.2 Å². The Morgan fingerprint density at radius 3 is 2.36 bits per heavy atom. The van der Waals surface area contributed by atoms with E-state index in [0.717, 1.165) is 11.4 Å². The fourth-order valence-corrected chi connectivity index (χ4v) is 4.81. The van der Waals surface area contributed by atoms with Gasteiger partial charge in [-0.1, -0.05) is 30.3 Å². The number of aryl methyl sites for hydroxylation is 1. The van der Waals surface area contributed by atoms with Crippen LogP contribution in [0.5, 0.6) is 0 Å². The summed E-state index contributed by atoms with van der Waals surface area (Å²) in [5.74, 6) is 2.18. The summed E-state index contributed by atoms with van der Waals surface area (Å²) in [7, 11) is -3.33. The largest absolute Gasteiger partial charge is 0.354 e. The smallest absolute Gasteiger partial charge is 0.218 e. The molecular formula is C19H22N6O2S. The van der Waals surface area contributed by atoms with E-state index in [4.69, 9.17) is 0 Å². The van der Waals surface area contributed by atoms with Crippen molar-refractivity contribution in [3.8, 4) is 5.82 Å². The molecule has 0 saturated carbocycles. The van der Waals surface area contributed by atoms with Crippen LogP contribution >= 0.6 is 0 Å². The molecule has 1 saturated heterocycles. The normalized spacial score (nSPS) is 15.7. The minimum absolute atomic E-state index is 0.0316. The molecule has 0 aliphatic carbocycles. The number of piperazine rings is 1. The van der Waals surface area contributed by atoms with E-state index in [2.05, 4.69) is 20.0 Å². The summed E-state index contributed by atoms with van der Waals surface area (Å²) >= 11 is 0. The van der Waals surface area contributed by atoms with E-state index in [1.807, 2.05) is 55.6 Å². The average Bonchev–Trinajstić information content (AvgIpc) is 3.23. The molecule has 146 valence electrons. The van der Waals surface area contributed by atoms with Crippen LogP contribution in [-0.4, -0.2) is 58.7 Å². The molecule has 28 heavy (non-hydrogen) atoms. The summed E-state index contributed by atoms with van der Waals surface area (Å²) in [6, 6.07) is 13.0. The van der Waals surface area contributed by atoms with Crippen LogP contribution in [0.3, 0.4) is 0 Å². The monoisotopic (exact) mass is 398 g/mol. The van der Waals surface area contributed by atoms with Gasteiger partial charge in [0.1, 0.15) is 11.6 Å². The van der Waals surface area contributed by atoms with Gasteiger partial charge in [0.2, 0.25) is 10.0 Å². The van der Waals surface area contributed by atoms with Crippen LogP contribution in [0.25, 0.3) is 5.82 Å². The minimum atomic E-state index is -3.33. The fraction of sp³-hybridized carbons (Fsp3) is 0.316. The minimum Gasteiger partial charge on any atom is -0.354 e. The van der Waals surface area contributed by atoms with Gasteiger partial charge in [-0.15, -0.1) is 0 Å². The predicted octanol–water partition coefficient (Wildman–Crippen LogP) is 1.62. The summed E-state index contributed by atoms with van der Waals surface area (Å²) in [5.41, 5.74) is 0.806. The van der Waals surface area contributed by atoms with Crippen molar-refractivity contribution in [2.75, 3.05) is 31.1 Å². The zero-order chi connectivity index (χ0) is 19.6. The molecule has 8 nitrogen and oxygen atoms in total. The Morgan fingerprint density at radius 2 is 1.68 bits per heavy atom. The van der Waals surface area contributed by atoms with E-state index >= 15 is 0 Å². The number of hydrogen-bond donors (Lipinski definition) is 0. The lowest BCUT2D eigenvalue weighted by Gasteiger charge is -2.34. The van der Waals surface area contributed by atoms with Crippen LogP contribution in [0.1, 0.15) is 11.4 Å². The third-order valence-corrected chi connectivity index (χ3v) is 6.55. The first-order valence-electron chi connectivity index (χ1n) is 9.14. The molecule has 3 heterocycles. The van der Waals surface area contributed by atoms with Gasteiger partial charge in [0, 0.05) is 44.6 Å². The van der Waals surface area contributed by atoms with Crippen molar-refractivity contribution < 1.29 is 8.42 Å². The molecule has 0 spiro atoms. The summed E-state index contributed by atoms with van der Waals surface area (Å²) in [4.78, 5) is 11.1. The fourth-order valence-electron chi connectivity index (χ4n) is 3.29. The van der Waals surface area contributed by atoms with Gasteiger partial charge in [-0.25, -0.2) is 23.1 Å².